The molecule has 0 amide bonds. The molecule has 1 heterocycles. The van der Waals surface area contributed by atoms with Crippen molar-refractivity contribution in [3.63, 3.8) is 0 Å². The van der Waals surface area contributed by atoms with Crippen LogP contribution >= 0.6 is 0 Å². The number of hydrogen-bond donors (Lipinski definition) is 1. The van der Waals surface area contributed by atoms with Crippen molar-refractivity contribution in [3.05, 3.63) is 48.5 Å². The van der Waals surface area contributed by atoms with E-state index in [1.807, 2.05) is 25.1 Å². The van der Waals surface area contributed by atoms with E-state index in [-0.39, 0.29) is 6.04 Å². The first-order chi connectivity index (χ1) is 7.27. The fourth-order valence-electron chi connectivity index (χ4n) is 1.45. The fourth-order valence-corrected chi connectivity index (χ4v) is 1.45. The number of rotatable bonds is 2. The Hall–Kier alpha value is -1.74. The Bertz CT molecular complexity index is 438. The fraction of sp³-hybridized carbons (Fsp3) is 0.167. The molecule has 0 spiro atoms. The van der Waals surface area contributed by atoms with Gasteiger partial charge in [0.2, 0.25) is 0 Å². The lowest BCUT2D eigenvalue weighted by molar-refractivity contribution is 0.818. The van der Waals surface area contributed by atoms with E-state index < -0.39 is 0 Å². The maximum Gasteiger partial charge on any atom is 0.115 e. The second-order valence-corrected chi connectivity index (χ2v) is 3.54. The van der Waals surface area contributed by atoms with Gasteiger partial charge in [-0.25, -0.2) is 9.97 Å². The van der Waals surface area contributed by atoms with Crippen molar-refractivity contribution < 1.29 is 0 Å². The van der Waals surface area contributed by atoms with Crippen LogP contribution in [0.4, 0.5) is 0 Å². The lowest BCUT2D eigenvalue weighted by Gasteiger charge is -2.07. The van der Waals surface area contributed by atoms with E-state index >= 15 is 0 Å². The molecule has 15 heavy (non-hydrogen) atoms. The Morgan fingerprint density at radius 3 is 2.53 bits per heavy atom. The molecule has 0 aliphatic heterocycles. The molecule has 2 rings (SSSR count). The third kappa shape index (κ3) is 2.19. The van der Waals surface area contributed by atoms with Crippen LogP contribution < -0.4 is 5.73 Å². The molecule has 1 aromatic carbocycles. The molecule has 76 valence electrons. The van der Waals surface area contributed by atoms with Crippen LogP contribution in [-0.2, 0) is 0 Å². The van der Waals surface area contributed by atoms with Gasteiger partial charge in [-0.3, -0.25) is 0 Å². The summed E-state index contributed by atoms with van der Waals surface area (Å²) in [4.78, 5) is 7.99. The average molecular weight is 199 g/mol. The van der Waals surface area contributed by atoms with E-state index in [1.165, 1.54) is 6.33 Å². The second-order valence-electron chi connectivity index (χ2n) is 3.54. The van der Waals surface area contributed by atoms with Gasteiger partial charge in [-0.15, -0.1) is 0 Å². The van der Waals surface area contributed by atoms with Crippen LogP contribution in [0.25, 0.3) is 11.1 Å². The second kappa shape index (κ2) is 4.19. The highest BCUT2D eigenvalue weighted by atomic mass is 14.8. The van der Waals surface area contributed by atoms with Crippen molar-refractivity contribution in [2.75, 3.05) is 0 Å². The van der Waals surface area contributed by atoms with Gasteiger partial charge in [0.05, 0.1) is 0 Å². The summed E-state index contributed by atoms with van der Waals surface area (Å²) in [7, 11) is 0. The van der Waals surface area contributed by atoms with E-state index in [0.717, 1.165) is 16.7 Å². The SMILES string of the molecule is CC(N)c1cccc(-c2cncnc2)c1. The van der Waals surface area contributed by atoms with Crippen molar-refractivity contribution in [1.82, 2.24) is 9.97 Å². The molecule has 0 saturated carbocycles. The number of hydrogen-bond acceptors (Lipinski definition) is 3. The molecule has 3 nitrogen and oxygen atoms in total. The third-order valence-electron chi connectivity index (χ3n) is 2.31. The van der Waals surface area contributed by atoms with Gasteiger partial charge < -0.3 is 5.73 Å². The van der Waals surface area contributed by atoms with Crippen LogP contribution in [0.1, 0.15) is 18.5 Å². The molecule has 1 atom stereocenters. The minimum absolute atomic E-state index is 0.0505. The van der Waals surface area contributed by atoms with Crippen LogP contribution in [0.3, 0.4) is 0 Å². The highest BCUT2D eigenvalue weighted by molar-refractivity contribution is 5.62. The molecule has 2 aromatic rings. The Labute approximate surface area is 89.0 Å². The number of nitrogens with two attached hydrogens (primary N) is 1. The Morgan fingerprint density at radius 1 is 1.13 bits per heavy atom. The summed E-state index contributed by atoms with van der Waals surface area (Å²) < 4.78 is 0. The highest BCUT2D eigenvalue weighted by Crippen LogP contribution is 2.20. The van der Waals surface area contributed by atoms with Gasteiger partial charge in [0.15, 0.2) is 0 Å². The third-order valence-corrected chi connectivity index (χ3v) is 2.31. The molecular formula is C12H13N3. The summed E-state index contributed by atoms with van der Waals surface area (Å²) in [5, 5.41) is 0. The summed E-state index contributed by atoms with van der Waals surface area (Å²) in [5.74, 6) is 0. The minimum atomic E-state index is 0.0505. The van der Waals surface area contributed by atoms with E-state index in [4.69, 9.17) is 5.73 Å². The maximum atomic E-state index is 5.83. The van der Waals surface area contributed by atoms with E-state index in [1.54, 1.807) is 12.4 Å². The Balaban J connectivity index is 2.42. The molecule has 1 unspecified atom stereocenters. The summed E-state index contributed by atoms with van der Waals surface area (Å²) >= 11 is 0. The predicted octanol–water partition coefficient (Wildman–Crippen LogP) is 2.16. The monoisotopic (exact) mass is 199 g/mol. The first-order valence-electron chi connectivity index (χ1n) is 4.88. The molecule has 0 saturated heterocycles. The van der Waals surface area contributed by atoms with Crippen molar-refractivity contribution in [1.29, 1.82) is 0 Å². The van der Waals surface area contributed by atoms with Crippen LogP contribution in [-0.4, -0.2) is 9.97 Å². The van der Waals surface area contributed by atoms with Crippen molar-refractivity contribution in [2.24, 2.45) is 5.73 Å². The number of nitrogens with zero attached hydrogens (tertiary/aromatic N) is 2. The van der Waals surface area contributed by atoms with Gasteiger partial charge in [-0.2, -0.15) is 0 Å². The van der Waals surface area contributed by atoms with Gasteiger partial charge in [0, 0.05) is 24.0 Å². The molecule has 2 N–H and O–H groups in total. The van der Waals surface area contributed by atoms with Crippen LogP contribution in [0.2, 0.25) is 0 Å². The first kappa shape index (κ1) is 9.80. The predicted molar refractivity (Wildman–Crippen MR) is 60.1 cm³/mol. The first-order valence-corrected chi connectivity index (χ1v) is 4.88. The Kier molecular flexibility index (Phi) is 2.74. The normalized spacial score (nSPS) is 12.4. The molecule has 0 fully saturated rings. The van der Waals surface area contributed by atoms with Gasteiger partial charge >= 0.3 is 0 Å². The quantitative estimate of drug-likeness (QED) is 0.806. The molecule has 1 aromatic heterocycles. The lowest BCUT2D eigenvalue weighted by atomic mass is 10.0. The van der Waals surface area contributed by atoms with E-state index in [0.29, 0.717) is 0 Å². The lowest BCUT2D eigenvalue weighted by Crippen LogP contribution is -2.04. The van der Waals surface area contributed by atoms with E-state index in [9.17, 15) is 0 Å². The Morgan fingerprint density at radius 2 is 1.87 bits per heavy atom. The van der Waals surface area contributed by atoms with Crippen LogP contribution in [0.5, 0.6) is 0 Å². The number of aromatic nitrogens is 2. The van der Waals surface area contributed by atoms with Crippen molar-refractivity contribution >= 4 is 0 Å². The average Bonchev–Trinajstić information content (AvgIpc) is 2.30. The summed E-state index contributed by atoms with van der Waals surface area (Å²) in [6, 6.07) is 8.18. The zero-order chi connectivity index (χ0) is 10.7. The largest absolute Gasteiger partial charge is 0.324 e. The summed E-state index contributed by atoms with van der Waals surface area (Å²) in [5.41, 5.74) is 9.07. The molecular weight excluding hydrogens is 186 g/mol. The highest BCUT2D eigenvalue weighted by Gasteiger charge is 2.02. The van der Waals surface area contributed by atoms with E-state index in [2.05, 4.69) is 16.0 Å². The van der Waals surface area contributed by atoms with Crippen LogP contribution in [0, 0.1) is 0 Å². The smallest absolute Gasteiger partial charge is 0.115 e. The topological polar surface area (TPSA) is 51.8 Å². The van der Waals surface area contributed by atoms with Crippen LogP contribution in [0.15, 0.2) is 43.0 Å². The summed E-state index contributed by atoms with van der Waals surface area (Å²) in [6.07, 6.45) is 5.12. The minimum Gasteiger partial charge on any atom is -0.324 e. The van der Waals surface area contributed by atoms with Gasteiger partial charge in [-0.1, -0.05) is 18.2 Å². The summed E-state index contributed by atoms with van der Waals surface area (Å²) in [6.45, 7) is 1.97. The number of benzene rings is 1. The molecule has 0 aliphatic rings. The van der Waals surface area contributed by atoms with Crippen molar-refractivity contribution in [2.45, 2.75) is 13.0 Å². The van der Waals surface area contributed by atoms with Gasteiger partial charge in [0.1, 0.15) is 6.33 Å². The van der Waals surface area contributed by atoms with Crippen molar-refractivity contribution in [3.8, 4) is 11.1 Å². The van der Waals surface area contributed by atoms with Gasteiger partial charge in [-0.05, 0) is 24.1 Å². The molecule has 0 aliphatic carbocycles. The zero-order valence-electron chi connectivity index (χ0n) is 8.59. The molecule has 0 radical (unpaired) electrons. The standard InChI is InChI=1S/C12H13N3/c1-9(13)10-3-2-4-11(5-10)12-6-14-8-15-7-12/h2-9H,13H2,1H3. The molecule has 0 bridgehead atoms. The molecule has 3 heteroatoms. The maximum absolute atomic E-state index is 5.83. The van der Waals surface area contributed by atoms with Gasteiger partial charge in [0.25, 0.3) is 0 Å². The zero-order valence-corrected chi connectivity index (χ0v) is 8.59.